The van der Waals surface area contributed by atoms with E-state index in [4.69, 9.17) is 26.2 Å². The molecule has 1 fully saturated rings. The third-order valence-electron chi connectivity index (χ3n) is 8.82. The number of pyridine rings is 1. The lowest BCUT2D eigenvalue weighted by molar-refractivity contribution is -0.160. The summed E-state index contributed by atoms with van der Waals surface area (Å²) in [7, 11) is 0. The summed E-state index contributed by atoms with van der Waals surface area (Å²) in [5.74, 6) is -5.47. The Balaban J connectivity index is 1.34. The van der Waals surface area contributed by atoms with E-state index in [0.717, 1.165) is 23.3 Å². The Morgan fingerprint density at radius 3 is 2.56 bits per heavy atom. The molecule has 0 saturated carbocycles. The lowest BCUT2D eigenvalue weighted by atomic mass is 9.90. The van der Waals surface area contributed by atoms with E-state index in [9.17, 15) is 33.0 Å². The summed E-state index contributed by atoms with van der Waals surface area (Å²) in [6.45, 7) is 1.20. The Kier molecular flexibility index (Phi) is 12.1. The summed E-state index contributed by atoms with van der Waals surface area (Å²) in [5, 5.41) is 34.8. The van der Waals surface area contributed by atoms with Gasteiger partial charge in [-0.25, -0.2) is 9.40 Å². The van der Waals surface area contributed by atoms with Crippen LogP contribution in [0, 0.1) is 11.6 Å². The van der Waals surface area contributed by atoms with Gasteiger partial charge in [0.25, 0.3) is 11.8 Å². The predicted molar refractivity (Wildman–Crippen MR) is 178 cm³/mol. The molecule has 3 aromatic rings. The Bertz CT molecular complexity index is 1830. The number of hydrazine groups is 1. The number of rotatable bonds is 14. The first-order valence-electron chi connectivity index (χ1n) is 16.3. The van der Waals surface area contributed by atoms with Crippen molar-refractivity contribution in [3.8, 4) is 16.9 Å². The molecule has 280 valence electrons. The molecule has 5 rings (SSSR count). The lowest BCUT2D eigenvalue weighted by Gasteiger charge is -2.46. The van der Waals surface area contributed by atoms with Crippen molar-refractivity contribution in [3.05, 3.63) is 87.9 Å². The Morgan fingerprint density at radius 1 is 1.12 bits per heavy atom. The third kappa shape index (κ3) is 8.31. The Hall–Kier alpha value is -4.35. The molecule has 17 heteroatoms. The molecule has 52 heavy (non-hydrogen) atoms. The topological polar surface area (TPSA) is 145 Å². The molecule has 3 heterocycles. The number of alkyl halides is 3. The SMILES string of the molecule is C[C@]12CCCN1N(Cc1ccc(OCCCCOC[C@H](O)CO)c(F)c1F)C(=O)C(C(=O)Nc1ccc(Cl)cc1-c1ccc(C(F)(F)F)nc1)=C2O. The van der Waals surface area contributed by atoms with Crippen molar-refractivity contribution in [1.82, 2.24) is 15.0 Å². The van der Waals surface area contributed by atoms with Crippen LogP contribution in [0.25, 0.3) is 11.1 Å². The first-order chi connectivity index (χ1) is 24.6. The van der Waals surface area contributed by atoms with Gasteiger partial charge in [0.2, 0.25) is 5.82 Å². The van der Waals surface area contributed by atoms with Crippen molar-refractivity contribution < 1.29 is 56.3 Å². The maximum Gasteiger partial charge on any atom is 0.433 e. The number of aromatic nitrogens is 1. The van der Waals surface area contributed by atoms with Crippen LogP contribution >= 0.6 is 11.6 Å². The molecule has 0 aliphatic carbocycles. The molecular formula is C35H36ClF5N4O7. The number of amides is 2. The number of carbonyl (C=O) groups excluding carboxylic acids is 2. The van der Waals surface area contributed by atoms with Crippen molar-refractivity contribution in [2.75, 3.05) is 38.3 Å². The molecule has 2 aliphatic heterocycles. The zero-order valence-electron chi connectivity index (χ0n) is 27.9. The van der Waals surface area contributed by atoms with Gasteiger partial charge in [0.05, 0.1) is 31.9 Å². The fraction of sp³-hybridized carbons (Fsp3) is 0.400. The van der Waals surface area contributed by atoms with Crippen molar-refractivity contribution in [2.45, 2.75) is 57.0 Å². The van der Waals surface area contributed by atoms with Gasteiger partial charge in [-0.15, -0.1) is 0 Å². The molecule has 2 amide bonds. The minimum Gasteiger partial charge on any atom is -0.509 e. The Morgan fingerprint density at radius 2 is 1.87 bits per heavy atom. The highest BCUT2D eigenvalue weighted by atomic mass is 35.5. The minimum absolute atomic E-state index is 0.0334. The van der Waals surface area contributed by atoms with E-state index < -0.39 is 71.4 Å². The van der Waals surface area contributed by atoms with Gasteiger partial charge in [-0.05, 0) is 62.9 Å². The molecule has 0 unspecified atom stereocenters. The van der Waals surface area contributed by atoms with Gasteiger partial charge in [-0.1, -0.05) is 23.7 Å². The number of nitrogens with zero attached hydrogens (tertiary/aromatic N) is 3. The van der Waals surface area contributed by atoms with Crippen molar-refractivity contribution in [1.29, 1.82) is 0 Å². The highest BCUT2D eigenvalue weighted by Gasteiger charge is 2.52. The van der Waals surface area contributed by atoms with Crippen LogP contribution in [0.5, 0.6) is 5.75 Å². The zero-order valence-corrected chi connectivity index (χ0v) is 28.6. The van der Waals surface area contributed by atoms with Crippen LogP contribution in [0.15, 0.2) is 60.0 Å². The Labute approximate surface area is 300 Å². The van der Waals surface area contributed by atoms with Crippen LogP contribution in [0.4, 0.5) is 27.6 Å². The number of hydrogen-bond donors (Lipinski definition) is 4. The van der Waals surface area contributed by atoms with Gasteiger partial charge in [0.15, 0.2) is 11.6 Å². The number of ether oxygens (including phenoxy) is 2. The second kappa shape index (κ2) is 16.1. The van der Waals surface area contributed by atoms with Crippen LogP contribution in [-0.2, 0) is 27.0 Å². The van der Waals surface area contributed by atoms with E-state index in [1.165, 1.54) is 35.3 Å². The number of aliphatic hydroxyl groups excluding tert-OH is 3. The number of unbranched alkanes of at least 4 members (excludes halogenated alkanes) is 1. The van der Waals surface area contributed by atoms with Gasteiger partial charge in [-0.2, -0.15) is 17.6 Å². The number of carbonyl (C=O) groups is 2. The zero-order chi connectivity index (χ0) is 37.8. The highest BCUT2D eigenvalue weighted by Crippen LogP contribution is 2.42. The average molecular weight is 755 g/mol. The number of benzene rings is 2. The van der Waals surface area contributed by atoms with E-state index in [-0.39, 0.29) is 59.5 Å². The number of fused-ring (bicyclic) bond motifs is 1. The number of halogens is 6. The normalized spacial score (nSPS) is 18.5. The van der Waals surface area contributed by atoms with E-state index in [1.807, 2.05) is 0 Å². The van der Waals surface area contributed by atoms with E-state index in [0.29, 0.717) is 25.7 Å². The van der Waals surface area contributed by atoms with Crippen molar-refractivity contribution >= 4 is 29.1 Å². The monoisotopic (exact) mass is 754 g/mol. The number of anilines is 1. The fourth-order valence-electron chi connectivity index (χ4n) is 6.04. The van der Waals surface area contributed by atoms with Gasteiger partial charge in [0.1, 0.15) is 23.1 Å². The molecular weight excluding hydrogens is 719 g/mol. The minimum atomic E-state index is -4.68. The number of nitrogens with one attached hydrogen (secondary N) is 1. The van der Waals surface area contributed by atoms with Crippen molar-refractivity contribution in [3.63, 3.8) is 0 Å². The molecule has 1 saturated heterocycles. The number of aliphatic hydroxyl groups is 3. The van der Waals surface area contributed by atoms with Gasteiger partial charge >= 0.3 is 6.18 Å². The molecule has 1 aromatic heterocycles. The second-order valence-corrected chi connectivity index (χ2v) is 12.9. The lowest BCUT2D eigenvalue weighted by Crippen LogP contribution is -2.60. The van der Waals surface area contributed by atoms with E-state index in [2.05, 4.69) is 10.3 Å². The average Bonchev–Trinajstić information content (AvgIpc) is 3.51. The summed E-state index contributed by atoms with van der Waals surface area (Å²) < 4.78 is 80.5. The summed E-state index contributed by atoms with van der Waals surface area (Å²) in [5.41, 5.74) is -2.85. The van der Waals surface area contributed by atoms with Crippen LogP contribution in [0.1, 0.15) is 43.9 Å². The standard InChI is InChI=1S/C35H36ClF5N4O7/c1-34-11-4-12-45(34)44(17-21-5-9-26(30(38)29(21)37)52-14-3-2-13-51-19-23(47)18-46)33(50)28(31(34)48)32(49)43-25-8-7-22(36)15-24(25)20-6-10-27(42-16-20)35(39,40)41/h5-10,15-16,23,46-48H,2-4,11-14,17-19H2,1H3,(H,43,49)/t23-,34-/m1/s1. The molecule has 2 aliphatic rings. The van der Waals surface area contributed by atoms with Gasteiger partial charge in [-0.3, -0.25) is 19.6 Å². The smallest absolute Gasteiger partial charge is 0.433 e. The predicted octanol–water partition coefficient (Wildman–Crippen LogP) is 5.79. The molecule has 2 aromatic carbocycles. The maximum absolute atomic E-state index is 15.4. The van der Waals surface area contributed by atoms with E-state index >= 15 is 8.78 Å². The molecule has 11 nitrogen and oxygen atoms in total. The molecule has 2 atom stereocenters. The van der Waals surface area contributed by atoms with Crippen LogP contribution < -0.4 is 10.1 Å². The third-order valence-corrected chi connectivity index (χ3v) is 9.06. The van der Waals surface area contributed by atoms with Crippen LogP contribution in [0.3, 0.4) is 0 Å². The summed E-state index contributed by atoms with van der Waals surface area (Å²) in [6, 6.07) is 8.56. The molecule has 4 N–H and O–H groups in total. The summed E-state index contributed by atoms with van der Waals surface area (Å²) >= 11 is 6.16. The summed E-state index contributed by atoms with van der Waals surface area (Å²) in [6.07, 6.45) is -2.97. The van der Waals surface area contributed by atoms with E-state index in [1.54, 1.807) is 6.92 Å². The molecule has 0 bridgehead atoms. The first kappa shape index (κ1) is 38.9. The van der Waals surface area contributed by atoms with Crippen LogP contribution in [0.2, 0.25) is 5.02 Å². The second-order valence-electron chi connectivity index (χ2n) is 12.5. The first-order valence-corrected chi connectivity index (χ1v) is 16.7. The fourth-order valence-corrected chi connectivity index (χ4v) is 6.22. The quantitative estimate of drug-likeness (QED) is 0.0914. The molecule has 0 spiro atoms. The van der Waals surface area contributed by atoms with Crippen molar-refractivity contribution in [2.24, 2.45) is 0 Å². The van der Waals surface area contributed by atoms with Crippen LogP contribution in [-0.4, -0.2) is 86.8 Å². The highest BCUT2D eigenvalue weighted by molar-refractivity contribution is 6.31. The van der Waals surface area contributed by atoms with Gasteiger partial charge in [0, 0.05) is 46.7 Å². The molecule has 0 radical (unpaired) electrons. The number of hydrogen-bond acceptors (Lipinski definition) is 9. The summed E-state index contributed by atoms with van der Waals surface area (Å²) in [4.78, 5) is 31.2. The largest absolute Gasteiger partial charge is 0.509 e. The maximum atomic E-state index is 15.4. The van der Waals surface area contributed by atoms with Gasteiger partial charge < -0.3 is 30.1 Å².